The van der Waals surface area contributed by atoms with Crippen molar-refractivity contribution in [1.29, 1.82) is 0 Å². The fourth-order valence-corrected chi connectivity index (χ4v) is 9.96. The zero-order valence-corrected chi connectivity index (χ0v) is 37.5. The van der Waals surface area contributed by atoms with Crippen LogP contribution < -0.4 is 9.64 Å². The Hall–Kier alpha value is -9.13. The molecule has 0 spiro atoms. The van der Waals surface area contributed by atoms with E-state index in [9.17, 15) is 0 Å². The molecule has 1 aliphatic heterocycles. The summed E-state index contributed by atoms with van der Waals surface area (Å²) in [6.45, 7) is 0. The Morgan fingerprint density at radius 2 is 1.03 bits per heavy atom. The van der Waals surface area contributed by atoms with E-state index in [2.05, 4.69) is 222 Å². The summed E-state index contributed by atoms with van der Waals surface area (Å²) in [4.78, 5) is 17.9. The van der Waals surface area contributed by atoms with Crippen LogP contribution in [-0.2, 0) is 0 Å². The van der Waals surface area contributed by atoms with Gasteiger partial charge < -0.3 is 9.64 Å². The average Bonchev–Trinajstić information content (AvgIpc) is 3.76. The minimum Gasteiger partial charge on any atom is -0.453 e. The van der Waals surface area contributed by atoms with Gasteiger partial charge in [0, 0.05) is 33.5 Å². The topological polar surface area (TPSA) is 56.1 Å². The number of anilines is 3. The van der Waals surface area contributed by atoms with Crippen LogP contribution in [0.2, 0.25) is 0 Å². The van der Waals surface area contributed by atoms with Crippen molar-refractivity contribution in [3.63, 3.8) is 0 Å². The maximum atomic E-state index is 6.69. The van der Waals surface area contributed by atoms with Gasteiger partial charge in [-0.3, -0.25) is 4.57 Å². The Bertz CT molecular complexity index is 3800. The van der Waals surface area contributed by atoms with Gasteiger partial charge in [-0.25, -0.2) is 4.98 Å². The maximum Gasteiger partial charge on any atom is 0.238 e. The molecule has 0 radical (unpaired) electrons. The van der Waals surface area contributed by atoms with Gasteiger partial charge >= 0.3 is 0 Å². The molecule has 9 aromatic carbocycles. The van der Waals surface area contributed by atoms with Crippen LogP contribution in [0.15, 0.2) is 243 Å². The van der Waals surface area contributed by atoms with Crippen molar-refractivity contribution < 1.29 is 4.74 Å². The van der Waals surface area contributed by atoms with Crippen LogP contribution in [0.3, 0.4) is 0 Å². The maximum absolute atomic E-state index is 6.69. The molecule has 1 atom stereocenters. The fourth-order valence-electron chi connectivity index (χ4n) is 9.96. The Morgan fingerprint density at radius 1 is 0.420 bits per heavy atom. The summed E-state index contributed by atoms with van der Waals surface area (Å²) in [6, 6.07) is 78.9. The number of hydrogen-bond acceptors (Lipinski definition) is 5. The van der Waals surface area contributed by atoms with Crippen LogP contribution in [0.25, 0.3) is 78.1 Å². The van der Waals surface area contributed by atoms with Crippen LogP contribution in [0.4, 0.5) is 17.1 Å². The first-order chi connectivity index (χ1) is 34.2. The third-order valence-corrected chi connectivity index (χ3v) is 13.4. The first-order valence-electron chi connectivity index (χ1n) is 23.4. The molecule has 0 saturated heterocycles. The third kappa shape index (κ3) is 7.36. The number of para-hydroxylation sites is 3. The normalized spacial score (nSPS) is 14.0. The van der Waals surface area contributed by atoms with Crippen molar-refractivity contribution in [2.45, 2.75) is 12.3 Å². The highest BCUT2D eigenvalue weighted by atomic mass is 16.5. The Morgan fingerprint density at radius 3 is 1.83 bits per heavy atom. The van der Waals surface area contributed by atoms with Crippen molar-refractivity contribution in [3.8, 4) is 62.2 Å². The van der Waals surface area contributed by atoms with Gasteiger partial charge in [0.15, 0.2) is 23.1 Å². The lowest BCUT2D eigenvalue weighted by atomic mass is 9.90. The number of rotatable bonds is 8. The molecule has 69 heavy (non-hydrogen) atoms. The van der Waals surface area contributed by atoms with Gasteiger partial charge in [0.1, 0.15) is 0 Å². The highest BCUT2D eigenvalue weighted by molar-refractivity contribution is 6.10. The van der Waals surface area contributed by atoms with E-state index in [-0.39, 0.29) is 0 Å². The summed E-state index contributed by atoms with van der Waals surface area (Å²) in [5, 5.41) is 2.26. The molecule has 0 fully saturated rings. The number of benzene rings is 9. The first-order valence-corrected chi connectivity index (χ1v) is 23.4. The van der Waals surface area contributed by atoms with Crippen molar-refractivity contribution >= 4 is 44.4 Å². The molecule has 0 saturated carbocycles. The molecule has 2 aliphatic rings. The monoisotopic (exact) mass is 885 g/mol. The number of aromatic nitrogens is 4. The highest BCUT2D eigenvalue weighted by Crippen LogP contribution is 2.52. The van der Waals surface area contributed by atoms with Crippen LogP contribution in [0.1, 0.15) is 23.7 Å². The summed E-state index contributed by atoms with van der Waals surface area (Å²) < 4.78 is 8.90. The molecule has 13 rings (SSSR count). The van der Waals surface area contributed by atoms with Crippen molar-refractivity contribution in [1.82, 2.24) is 19.5 Å². The molecule has 0 amide bonds. The predicted octanol–water partition coefficient (Wildman–Crippen LogP) is 16.3. The first kappa shape index (κ1) is 40.2. The number of fused-ring (bicyclic) bond motifs is 5. The quantitative estimate of drug-likeness (QED) is 0.152. The van der Waals surface area contributed by atoms with Gasteiger partial charge in [0.25, 0.3) is 0 Å². The van der Waals surface area contributed by atoms with Gasteiger partial charge in [0.2, 0.25) is 5.95 Å². The second-order valence-electron chi connectivity index (χ2n) is 17.6. The Balaban J connectivity index is 0.889. The standard InChI is InChI=1S/C63H43N5O/c1-4-16-42(17-5-1)44-30-32-46(33-31-44)62-64-61(45-20-8-3-9-21-45)65-63(66-62)68-55-27-11-10-26-53(55)54-36-34-50(40-58(54)68)47-22-14-23-48(38-47)51-35-37-57-60(41-51)69-59-29-13-12-28-56(59)67(57)52-25-15-24-49(39-52)43-18-6-2-7-19-43/h1-30,32-41,44H,31H2. The second-order valence-corrected chi connectivity index (χ2v) is 17.6. The molecule has 1 unspecified atom stereocenters. The summed E-state index contributed by atoms with van der Waals surface area (Å²) in [5.41, 5.74) is 15.0. The smallest absolute Gasteiger partial charge is 0.238 e. The van der Waals surface area contributed by atoms with Gasteiger partial charge in [0.05, 0.1) is 22.4 Å². The summed E-state index contributed by atoms with van der Waals surface area (Å²) in [6.07, 6.45) is 7.57. The lowest BCUT2D eigenvalue weighted by Crippen LogP contribution is -2.15. The SMILES string of the molecule is C1=CC(c2ccccc2)CC=C1c1nc(-c2ccccc2)nc(-n2c3ccccc3c3ccc(-c4cccc(-c5ccc6c(c5)Oc5ccccc5N6c5cccc(-c6ccccc6)c5)c4)cc32)n1. The van der Waals surface area contributed by atoms with Crippen LogP contribution >= 0.6 is 0 Å². The van der Waals surface area contributed by atoms with Gasteiger partial charge in [-0.1, -0.05) is 188 Å². The molecule has 6 nitrogen and oxygen atoms in total. The van der Waals surface area contributed by atoms with E-state index < -0.39 is 0 Å². The van der Waals surface area contributed by atoms with Crippen molar-refractivity contribution in [2.75, 3.05) is 4.90 Å². The molecular formula is C63H43N5O. The molecule has 1 aliphatic carbocycles. The van der Waals surface area contributed by atoms with E-state index >= 15 is 0 Å². The number of nitrogens with zero attached hydrogens (tertiary/aromatic N) is 5. The lowest BCUT2D eigenvalue weighted by molar-refractivity contribution is 0.477. The summed E-state index contributed by atoms with van der Waals surface area (Å²) >= 11 is 0. The third-order valence-electron chi connectivity index (χ3n) is 13.4. The zero-order valence-electron chi connectivity index (χ0n) is 37.5. The molecule has 0 N–H and O–H groups in total. The molecule has 3 heterocycles. The van der Waals surface area contributed by atoms with Gasteiger partial charge in [-0.2, -0.15) is 9.97 Å². The second kappa shape index (κ2) is 16.9. The largest absolute Gasteiger partial charge is 0.453 e. The van der Waals surface area contributed by atoms with E-state index in [1.165, 1.54) is 11.1 Å². The minimum absolute atomic E-state index is 0.302. The van der Waals surface area contributed by atoms with Crippen LogP contribution in [0, 0.1) is 0 Å². The Labute approximate surface area is 400 Å². The van der Waals surface area contributed by atoms with Crippen molar-refractivity contribution in [2.24, 2.45) is 0 Å². The number of allylic oxidation sites excluding steroid dienone is 4. The van der Waals surface area contributed by atoms with E-state index in [1.54, 1.807) is 0 Å². The molecule has 326 valence electrons. The predicted molar refractivity (Wildman–Crippen MR) is 282 cm³/mol. The Kier molecular flexibility index (Phi) is 9.86. The molecule has 0 bridgehead atoms. The lowest BCUT2D eigenvalue weighted by Gasteiger charge is -2.33. The number of ether oxygens (including phenoxy) is 1. The van der Waals surface area contributed by atoms with E-state index in [0.29, 0.717) is 23.5 Å². The van der Waals surface area contributed by atoms with Gasteiger partial charge in [-0.15, -0.1) is 0 Å². The number of hydrogen-bond donors (Lipinski definition) is 0. The van der Waals surface area contributed by atoms with E-state index in [4.69, 9.17) is 19.7 Å². The van der Waals surface area contributed by atoms with Crippen molar-refractivity contribution in [3.05, 3.63) is 254 Å². The van der Waals surface area contributed by atoms with E-state index in [1.807, 2.05) is 30.3 Å². The molecule has 2 aromatic heterocycles. The van der Waals surface area contributed by atoms with E-state index in [0.717, 1.165) is 95.7 Å². The molecule has 11 aromatic rings. The zero-order chi connectivity index (χ0) is 45.7. The molecular weight excluding hydrogens is 843 g/mol. The molecule has 6 heteroatoms. The summed E-state index contributed by atoms with van der Waals surface area (Å²) in [7, 11) is 0. The van der Waals surface area contributed by atoms with Gasteiger partial charge in [-0.05, 0) is 100.0 Å². The van der Waals surface area contributed by atoms with Crippen LogP contribution in [-0.4, -0.2) is 19.5 Å². The minimum atomic E-state index is 0.302. The van der Waals surface area contributed by atoms with Crippen LogP contribution in [0.5, 0.6) is 11.5 Å². The highest BCUT2D eigenvalue weighted by Gasteiger charge is 2.27. The average molecular weight is 886 g/mol. The summed E-state index contributed by atoms with van der Waals surface area (Å²) in [5.74, 6) is 3.77. The fraction of sp³-hybridized carbons (Fsp3) is 0.0317.